The van der Waals surface area contributed by atoms with E-state index in [2.05, 4.69) is 26.3 Å². The summed E-state index contributed by atoms with van der Waals surface area (Å²) in [6.07, 6.45) is -0.692. The molecule has 4 heterocycles. The zero-order chi connectivity index (χ0) is 35.9. The molecule has 2 N–H and O–H groups in total. The molecule has 1 spiro atoms. The van der Waals surface area contributed by atoms with Gasteiger partial charge in [-0.1, -0.05) is 12.6 Å². The number of halogens is 5. The van der Waals surface area contributed by atoms with Crippen LogP contribution in [0.15, 0.2) is 30.9 Å². The number of ether oxygens (including phenoxy) is 1. The zero-order valence-corrected chi connectivity index (χ0v) is 28.4. The van der Waals surface area contributed by atoms with Gasteiger partial charge in [-0.05, 0) is 69.3 Å². The third kappa shape index (κ3) is 5.58. The molecule has 2 aromatic heterocycles. The third-order valence-corrected chi connectivity index (χ3v) is 11.3. The van der Waals surface area contributed by atoms with Crippen LogP contribution in [-0.4, -0.2) is 77.1 Å². The minimum Gasteiger partial charge on any atom is -0.462 e. The molecule has 1 aliphatic carbocycles. The summed E-state index contributed by atoms with van der Waals surface area (Å²) in [5, 5.41) is -0.517. The van der Waals surface area contributed by atoms with Crippen LogP contribution in [0, 0.1) is 23.6 Å². The van der Waals surface area contributed by atoms with Crippen LogP contribution in [0.2, 0.25) is 0 Å². The number of amides is 1. The van der Waals surface area contributed by atoms with Crippen molar-refractivity contribution in [2.24, 2.45) is 5.41 Å². The van der Waals surface area contributed by atoms with Gasteiger partial charge >= 0.3 is 12.2 Å². The van der Waals surface area contributed by atoms with Crippen molar-refractivity contribution in [1.29, 1.82) is 0 Å². The first kappa shape index (κ1) is 33.9. The number of carbonyl (C=O) groups excluding carboxylic acids is 1. The number of hydrogen-bond acceptors (Lipinski definition) is 8. The molecular weight excluding hydrogens is 677 g/mol. The van der Waals surface area contributed by atoms with Gasteiger partial charge in [0.1, 0.15) is 23.8 Å². The fourth-order valence-electron chi connectivity index (χ4n) is 7.57. The number of anilines is 2. The quantitative estimate of drug-likeness (QED) is 0.127. The lowest BCUT2D eigenvalue weighted by Gasteiger charge is -2.44. The van der Waals surface area contributed by atoms with Crippen molar-refractivity contribution in [3.05, 3.63) is 59.5 Å². The molecule has 15 heteroatoms. The van der Waals surface area contributed by atoms with Crippen molar-refractivity contribution in [2.75, 3.05) is 43.9 Å². The highest BCUT2D eigenvalue weighted by atomic mass is 32.1. The minimum absolute atomic E-state index is 0.0234. The number of likely N-dealkylation sites (tertiary alicyclic amines) is 1. The fourth-order valence-corrected chi connectivity index (χ4v) is 8.51. The van der Waals surface area contributed by atoms with E-state index in [0.717, 1.165) is 44.0 Å². The highest BCUT2D eigenvalue weighted by molar-refractivity contribution is 7.23. The molecule has 3 aliphatic rings. The first-order chi connectivity index (χ1) is 23.7. The van der Waals surface area contributed by atoms with Gasteiger partial charge < -0.3 is 20.3 Å². The zero-order valence-electron chi connectivity index (χ0n) is 27.6. The molecule has 7 rings (SSSR count). The molecule has 2 aliphatic heterocycles. The van der Waals surface area contributed by atoms with Crippen LogP contribution in [0.4, 0.5) is 38.5 Å². The maximum absolute atomic E-state index is 17.1. The fraction of sp³-hybridized carbons (Fsp3) is 0.429. The molecule has 3 atom stereocenters. The van der Waals surface area contributed by atoms with Crippen molar-refractivity contribution < 1.29 is 31.5 Å². The SMILES string of the molecule is [C-]#[N+]c1c(N)sc2c(F)ccc(-c3c(C(F)(F)F)cc4c(N5C[C@@H](C)N(C(=O)C=C)C[C@@H]5C)nc(OC[C@@H]5CC6(CC6)CN5C)nc4c3F)c12. The van der Waals surface area contributed by atoms with Crippen LogP contribution in [0.3, 0.4) is 0 Å². The summed E-state index contributed by atoms with van der Waals surface area (Å²) in [6.45, 7) is 16.3. The molecule has 1 saturated carbocycles. The number of rotatable bonds is 6. The van der Waals surface area contributed by atoms with E-state index in [4.69, 9.17) is 17.0 Å². The number of piperazine rings is 1. The Hall–Kier alpha value is -4.55. The number of thiophene rings is 1. The molecule has 1 amide bonds. The van der Waals surface area contributed by atoms with Crippen LogP contribution < -0.4 is 15.4 Å². The molecule has 0 bridgehead atoms. The van der Waals surface area contributed by atoms with Gasteiger partial charge in [0.15, 0.2) is 5.82 Å². The second-order valence-electron chi connectivity index (χ2n) is 13.7. The van der Waals surface area contributed by atoms with Crippen molar-refractivity contribution in [3.63, 3.8) is 0 Å². The van der Waals surface area contributed by atoms with E-state index in [1.807, 2.05) is 7.05 Å². The van der Waals surface area contributed by atoms with E-state index in [1.54, 1.807) is 23.6 Å². The summed E-state index contributed by atoms with van der Waals surface area (Å²) in [5.74, 6) is -2.39. The molecule has 2 aromatic carbocycles. The van der Waals surface area contributed by atoms with Crippen LogP contribution in [0.25, 0.3) is 37.0 Å². The highest BCUT2D eigenvalue weighted by Gasteiger charge is 2.51. The maximum atomic E-state index is 17.1. The first-order valence-corrected chi connectivity index (χ1v) is 17.0. The van der Waals surface area contributed by atoms with Crippen molar-refractivity contribution >= 4 is 54.7 Å². The Bertz CT molecular complexity index is 2110. The van der Waals surface area contributed by atoms with Crippen molar-refractivity contribution in [1.82, 2.24) is 19.8 Å². The van der Waals surface area contributed by atoms with Gasteiger partial charge in [-0.15, -0.1) is 11.3 Å². The van der Waals surface area contributed by atoms with Crippen LogP contribution >= 0.6 is 11.3 Å². The monoisotopic (exact) mass is 711 g/mol. The molecule has 9 nitrogen and oxygen atoms in total. The van der Waals surface area contributed by atoms with Crippen LogP contribution in [-0.2, 0) is 11.0 Å². The van der Waals surface area contributed by atoms with Crippen LogP contribution in [0.5, 0.6) is 6.01 Å². The number of hydrogen-bond donors (Lipinski definition) is 1. The number of alkyl halides is 3. The van der Waals surface area contributed by atoms with E-state index in [-0.39, 0.29) is 86.7 Å². The standard InChI is InChI=1S/C35H34F5N7O2S/c1-6-24(48)46-13-18(3)47(14-17(46)2)32-21-11-22(35(38,39)40)25(20-7-8-23(36)30-26(20)29(42-4)31(41)50-30)27(37)28(21)43-33(44-32)49-15-19-12-34(9-10-34)16-45(19)5/h6-8,11,17-19H,1,9-10,12-16,41H2,2-3,5H3/t17-,18+,19+/m1/s1. The number of carbonyl (C=O) groups is 1. The van der Waals surface area contributed by atoms with Crippen molar-refractivity contribution in [3.8, 4) is 17.1 Å². The third-order valence-electron chi connectivity index (χ3n) is 10.3. The van der Waals surface area contributed by atoms with Gasteiger partial charge in [0.2, 0.25) is 11.6 Å². The van der Waals surface area contributed by atoms with Gasteiger partial charge in [-0.2, -0.15) is 23.1 Å². The van der Waals surface area contributed by atoms with Gasteiger partial charge in [0.05, 0.1) is 21.8 Å². The largest absolute Gasteiger partial charge is 0.462 e. The number of fused-ring (bicyclic) bond motifs is 2. The Morgan fingerprint density at radius 3 is 2.60 bits per heavy atom. The molecule has 50 heavy (non-hydrogen) atoms. The Morgan fingerprint density at radius 1 is 1.22 bits per heavy atom. The van der Waals surface area contributed by atoms with E-state index >= 15 is 17.6 Å². The normalized spacial score (nSPS) is 22.0. The Labute approximate surface area is 288 Å². The van der Waals surface area contributed by atoms with Crippen LogP contribution in [0.1, 0.15) is 38.7 Å². The summed E-state index contributed by atoms with van der Waals surface area (Å²) in [4.78, 5) is 30.4. The molecule has 2 saturated heterocycles. The van der Waals surface area contributed by atoms with E-state index in [1.165, 1.54) is 6.08 Å². The summed E-state index contributed by atoms with van der Waals surface area (Å²) in [5.41, 5.74) is 2.99. The lowest BCUT2D eigenvalue weighted by molar-refractivity contribution is -0.137. The summed E-state index contributed by atoms with van der Waals surface area (Å²) < 4.78 is 83.1. The smallest absolute Gasteiger partial charge is 0.417 e. The Morgan fingerprint density at radius 2 is 1.96 bits per heavy atom. The summed E-state index contributed by atoms with van der Waals surface area (Å²) in [6, 6.07) is 1.77. The first-order valence-electron chi connectivity index (χ1n) is 16.2. The second kappa shape index (κ2) is 12.1. The Kier molecular flexibility index (Phi) is 8.18. The van der Waals surface area contributed by atoms with Gasteiger partial charge in [-0.25, -0.2) is 13.6 Å². The van der Waals surface area contributed by atoms with Gasteiger partial charge in [0, 0.05) is 54.1 Å². The highest BCUT2D eigenvalue weighted by Crippen LogP contribution is 2.54. The van der Waals surface area contributed by atoms with E-state index in [0.29, 0.717) is 11.3 Å². The van der Waals surface area contributed by atoms with Crippen molar-refractivity contribution in [2.45, 2.75) is 57.4 Å². The molecule has 0 radical (unpaired) electrons. The summed E-state index contributed by atoms with van der Waals surface area (Å²) >= 11 is 0.707. The average Bonchev–Trinajstić information content (AvgIpc) is 3.62. The predicted octanol–water partition coefficient (Wildman–Crippen LogP) is 7.42. The number of nitrogens with two attached hydrogens (primary N) is 1. The minimum atomic E-state index is -5.09. The van der Waals surface area contributed by atoms with Gasteiger partial charge in [0.25, 0.3) is 0 Å². The Balaban J connectivity index is 1.44. The molecular formula is C35H34F5N7O2S. The summed E-state index contributed by atoms with van der Waals surface area (Å²) in [7, 11) is 2.00. The average molecular weight is 712 g/mol. The topological polar surface area (TPSA) is 92.2 Å². The maximum Gasteiger partial charge on any atom is 0.417 e. The number of benzene rings is 2. The van der Waals surface area contributed by atoms with E-state index < -0.39 is 40.5 Å². The second-order valence-corrected chi connectivity index (χ2v) is 14.7. The lowest BCUT2D eigenvalue weighted by Crippen LogP contribution is -2.58. The molecule has 262 valence electrons. The number of nitrogen functional groups attached to an aromatic ring is 1. The predicted molar refractivity (Wildman–Crippen MR) is 182 cm³/mol. The molecule has 4 aromatic rings. The number of aromatic nitrogens is 2. The lowest BCUT2D eigenvalue weighted by atomic mass is 9.93. The molecule has 3 fully saturated rings. The molecule has 0 unspecified atom stereocenters. The number of nitrogens with zero attached hydrogens (tertiary/aromatic N) is 6. The van der Waals surface area contributed by atoms with Gasteiger partial charge in [-0.3, -0.25) is 9.69 Å². The number of likely N-dealkylation sites (N-methyl/N-ethyl adjacent to an activating group) is 1. The van der Waals surface area contributed by atoms with E-state index in [9.17, 15) is 9.18 Å².